The summed E-state index contributed by atoms with van der Waals surface area (Å²) >= 11 is 0. The van der Waals surface area contributed by atoms with Crippen LogP contribution in [0.1, 0.15) is 19.3 Å². The quantitative estimate of drug-likeness (QED) is 0.773. The minimum Gasteiger partial charge on any atom is -0.378 e. The zero-order valence-corrected chi connectivity index (χ0v) is 10.8. The molecule has 0 spiro atoms. The number of ether oxygens (including phenoxy) is 1. The van der Waals surface area contributed by atoms with Crippen LogP contribution in [-0.4, -0.2) is 31.7 Å². The highest BCUT2D eigenvalue weighted by molar-refractivity contribution is 5.92. The SMILES string of the molecule is O=C(CNCCC1CCCO1)Nc1ccc(F)cc1. The fourth-order valence-electron chi connectivity index (χ4n) is 2.08. The van der Waals surface area contributed by atoms with Crippen LogP contribution in [0.4, 0.5) is 10.1 Å². The molecule has 19 heavy (non-hydrogen) atoms. The van der Waals surface area contributed by atoms with Crippen LogP contribution in [-0.2, 0) is 9.53 Å². The molecular weight excluding hydrogens is 247 g/mol. The van der Waals surface area contributed by atoms with E-state index in [1.165, 1.54) is 12.1 Å². The minimum atomic E-state index is -0.312. The van der Waals surface area contributed by atoms with E-state index in [4.69, 9.17) is 4.74 Å². The Bertz CT molecular complexity index is 402. The Kier molecular flexibility index (Phi) is 5.30. The lowest BCUT2D eigenvalue weighted by molar-refractivity contribution is -0.115. The van der Waals surface area contributed by atoms with E-state index in [1.54, 1.807) is 12.1 Å². The third-order valence-electron chi connectivity index (χ3n) is 3.08. The lowest BCUT2D eigenvalue weighted by atomic mass is 10.2. The molecule has 0 aromatic heterocycles. The Hall–Kier alpha value is -1.46. The smallest absolute Gasteiger partial charge is 0.238 e. The number of carbonyl (C=O) groups is 1. The summed E-state index contributed by atoms with van der Waals surface area (Å²) in [4.78, 5) is 11.6. The van der Waals surface area contributed by atoms with Gasteiger partial charge in [-0.05, 0) is 50.1 Å². The molecule has 0 radical (unpaired) electrons. The first-order valence-corrected chi connectivity index (χ1v) is 6.62. The monoisotopic (exact) mass is 266 g/mol. The first kappa shape index (κ1) is 14.0. The lowest BCUT2D eigenvalue weighted by Gasteiger charge is -2.10. The molecule has 0 saturated carbocycles. The Morgan fingerprint density at radius 2 is 2.16 bits per heavy atom. The van der Waals surface area contributed by atoms with Crippen molar-refractivity contribution in [2.24, 2.45) is 0 Å². The Labute approximate surface area is 112 Å². The predicted molar refractivity (Wildman–Crippen MR) is 71.5 cm³/mol. The lowest BCUT2D eigenvalue weighted by Crippen LogP contribution is -2.30. The molecule has 1 aromatic rings. The maximum Gasteiger partial charge on any atom is 0.238 e. The van der Waals surface area contributed by atoms with E-state index in [0.29, 0.717) is 11.8 Å². The van der Waals surface area contributed by atoms with Crippen molar-refractivity contribution >= 4 is 11.6 Å². The topological polar surface area (TPSA) is 50.4 Å². The van der Waals surface area contributed by atoms with Gasteiger partial charge in [0.1, 0.15) is 5.82 Å². The van der Waals surface area contributed by atoms with E-state index in [0.717, 1.165) is 32.4 Å². The van der Waals surface area contributed by atoms with Crippen LogP contribution in [0, 0.1) is 5.82 Å². The van der Waals surface area contributed by atoms with E-state index in [1.807, 2.05) is 0 Å². The highest BCUT2D eigenvalue weighted by Crippen LogP contribution is 2.14. The average molecular weight is 266 g/mol. The molecule has 1 fully saturated rings. The molecule has 1 saturated heterocycles. The fourth-order valence-corrected chi connectivity index (χ4v) is 2.08. The number of anilines is 1. The van der Waals surface area contributed by atoms with Gasteiger partial charge in [0.15, 0.2) is 0 Å². The van der Waals surface area contributed by atoms with Crippen LogP contribution in [0.2, 0.25) is 0 Å². The standard InChI is InChI=1S/C14H19FN2O2/c15-11-3-5-12(6-4-11)17-14(18)10-16-8-7-13-2-1-9-19-13/h3-6,13,16H,1-2,7-10H2,(H,17,18). The number of amides is 1. The zero-order valence-electron chi connectivity index (χ0n) is 10.8. The van der Waals surface area contributed by atoms with Gasteiger partial charge in [0.25, 0.3) is 0 Å². The summed E-state index contributed by atoms with van der Waals surface area (Å²) in [5.74, 6) is -0.438. The highest BCUT2D eigenvalue weighted by atomic mass is 19.1. The molecule has 0 bridgehead atoms. The molecular formula is C14H19FN2O2. The number of halogens is 1. The van der Waals surface area contributed by atoms with E-state index in [2.05, 4.69) is 10.6 Å². The number of nitrogens with one attached hydrogen (secondary N) is 2. The van der Waals surface area contributed by atoms with Gasteiger partial charge in [0.2, 0.25) is 5.91 Å². The molecule has 1 aromatic carbocycles. The minimum absolute atomic E-state index is 0.126. The molecule has 5 heteroatoms. The normalized spacial score (nSPS) is 18.5. The number of hydrogen-bond donors (Lipinski definition) is 2. The maximum absolute atomic E-state index is 12.7. The van der Waals surface area contributed by atoms with Crippen molar-refractivity contribution in [1.29, 1.82) is 0 Å². The second-order valence-corrected chi connectivity index (χ2v) is 4.66. The third kappa shape index (κ3) is 4.96. The summed E-state index contributed by atoms with van der Waals surface area (Å²) in [7, 11) is 0. The molecule has 1 atom stereocenters. The van der Waals surface area contributed by atoms with Crippen LogP contribution in [0.15, 0.2) is 24.3 Å². The largest absolute Gasteiger partial charge is 0.378 e. The van der Waals surface area contributed by atoms with Crippen molar-refractivity contribution in [2.45, 2.75) is 25.4 Å². The van der Waals surface area contributed by atoms with Crippen molar-refractivity contribution in [1.82, 2.24) is 5.32 Å². The van der Waals surface area contributed by atoms with Crippen LogP contribution in [0.25, 0.3) is 0 Å². The van der Waals surface area contributed by atoms with Gasteiger partial charge in [0.05, 0.1) is 12.6 Å². The second-order valence-electron chi connectivity index (χ2n) is 4.66. The van der Waals surface area contributed by atoms with Crippen LogP contribution >= 0.6 is 0 Å². The van der Waals surface area contributed by atoms with Crippen LogP contribution in [0.3, 0.4) is 0 Å². The molecule has 0 aliphatic carbocycles. The number of hydrogen-bond acceptors (Lipinski definition) is 3. The molecule has 1 unspecified atom stereocenters. The van der Waals surface area contributed by atoms with Crippen LogP contribution in [0.5, 0.6) is 0 Å². The van der Waals surface area contributed by atoms with Gasteiger partial charge in [-0.1, -0.05) is 0 Å². The molecule has 104 valence electrons. The van der Waals surface area contributed by atoms with Crippen molar-refractivity contribution < 1.29 is 13.9 Å². The molecule has 1 aliphatic heterocycles. The summed E-state index contributed by atoms with van der Waals surface area (Å²) in [5.41, 5.74) is 0.604. The Morgan fingerprint density at radius 3 is 2.84 bits per heavy atom. The molecule has 4 nitrogen and oxygen atoms in total. The summed E-state index contributed by atoms with van der Waals surface area (Å²) in [5, 5.41) is 5.78. The van der Waals surface area contributed by atoms with Gasteiger partial charge < -0.3 is 15.4 Å². The van der Waals surface area contributed by atoms with E-state index < -0.39 is 0 Å². The molecule has 2 rings (SSSR count). The first-order valence-electron chi connectivity index (χ1n) is 6.62. The number of benzene rings is 1. The van der Waals surface area contributed by atoms with Crippen molar-refractivity contribution in [2.75, 3.05) is 25.0 Å². The average Bonchev–Trinajstić information content (AvgIpc) is 2.91. The van der Waals surface area contributed by atoms with E-state index in [9.17, 15) is 9.18 Å². The predicted octanol–water partition coefficient (Wildman–Crippen LogP) is 1.92. The van der Waals surface area contributed by atoms with Gasteiger partial charge >= 0.3 is 0 Å². The fraction of sp³-hybridized carbons (Fsp3) is 0.500. The number of rotatable bonds is 6. The van der Waals surface area contributed by atoms with Gasteiger partial charge in [-0.3, -0.25) is 4.79 Å². The third-order valence-corrected chi connectivity index (χ3v) is 3.08. The molecule has 1 aliphatic rings. The molecule has 1 amide bonds. The zero-order chi connectivity index (χ0) is 13.5. The number of carbonyl (C=O) groups excluding carboxylic acids is 1. The summed E-state index contributed by atoms with van der Waals surface area (Å²) in [6.07, 6.45) is 3.52. The second kappa shape index (κ2) is 7.21. The molecule has 1 heterocycles. The van der Waals surface area contributed by atoms with Gasteiger partial charge in [-0.15, -0.1) is 0 Å². The summed E-state index contributed by atoms with van der Waals surface area (Å²) < 4.78 is 18.2. The van der Waals surface area contributed by atoms with E-state index >= 15 is 0 Å². The maximum atomic E-state index is 12.7. The Balaban J connectivity index is 1.60. The van der Waals surface area contributed by atoms with Crippen LogP contribution < -0.4 is 10.6 Å². The van der Waals surface area contributed by atoms with Crippen molar-refractivity contribution in [3.8, 4) is 0 Å². The van der Waals surface area contributed by atoms with Crippen molar-refractivity contribution in [3.05, 3.63) is 30.1 Å². The Morgan fingerprint density at radius 1 is 1.37 bits per heavy atom. The van der Waals surface area contributed by atoms with Gasteiger partial charge in [-0.25, -0.2) is 4.39 Å². The van der Waals surface area contributed by atoms with Gasteiger partial charge in [0, 0.05) is 12.3 Å². The van der Waals surface area contributed by atoms with E-state index in [-0.39, 0.29) is 18.3 Å². The summed E-state index contributed by atoms with van der Waals surface area (Å²) in [6, 6.07) is 5.72. The van der Waals surface area contributed by atoms with Gasteiger partial charge in [-0.2, -0.15) is 0 Å². The first-order chi connectivity index (χ1) is 9.24. The van der Waals surface area contributed by atoms with Crippen molar-refractivity contribution in [3.63, 3.8) is 0 Å². The summed E-state index contributed by atoms with van der Waals surface area (Å²) in [6.45, 7) is 1.88. The molecule has 2 N–H and O–H groups in total. The highest BCUT2D eigenvalue weighted by Gasteiger charge is 2.14.